The Balaban J connectivity index is 2.10. The van der Waals surface area contributed by atoms with Crippen LogP contribution in [-0.2, 0) is 4.74 Å². The van der Waals surface area contributed by atoms with E-state index in [2.05, 4.69) is 49.2 Å². The van der Waals surface area contributed by atoms with E-state index < -0.39 is 0 Å². The van der Waals surface area contributed by atoms with Crippen LogP contribution in [0.2, 0.25) is 0 Å². The van der Waals surface area contributed by atoms with Crippen molar-refractivity contribution in [2.75, 3.05) is 25.1 Å². The molecule has 1 aliphatic rings. The second-order valence-corrected chi connectivity index (χ2v) is 5.85. The average molecular weight is 276 g/mol. The van der Waals surface area contributed by atoms with E-state index in [9.17, 15) is 4.79 Å². The van der Waals surface area contributed by atoms with Gasteiger partial charge in [-0.25, -0.2) is 4.79 Å². The molecule has 4 nitrogen and oxygen atoms in total. The lowest BCUT2D eigenvalue weighted by Crippen LogP contribution is -2.50. The first-order chi connectivity index (χ1) is 9.49. The maximum atomic E-state index is 11.4. The van der Waals surface area contributed by atoms with Crippen molar-refractivity contribution in [3.63, 3.8) is 0 Å². The Labute approximate surface area is 121 Å². The van der Waals surface area contributed by atoms with Gasteiger partial charge in [-0.2, -0.15) is 0 Å². The Kier molecular flexibility index (Phi) is 4.53. The maximum absolute atomic E-state index is 11.4. The fourth-order valence-electron chi connectivity index (χ4n) is 2.81. The fourth-order valence-corrected chi connectivity index (χ4v) is 2.81. The van der Waals surface area contributed by atoms with Gasteiger partial charge in [-0.05, 0) is 49.4 Å². The predicted molar refractivity (Wildman–Crippen MR) is 81.2 cm³/mol. The fraction of sp³-hybridized carbons (Fsp3) is 0.562. The Morgan fingerprint density at radius 1 is 1.30 bits per heavy atom. The summed E-state index contributed by atoms with van der Waals surface area (Å²) < 4.78 is 4.70. The number of carbonyl (C=O) groups excluding carboxylic acids is 1. The van der Waals surface area contributed by atoms with Crippen molar-refractivity contribution in [1.82, 2.24) is 5.32 Å². The molecule has 0 aliphatic carbocycles. The lowest BCUT2D eigenvalue weighted by Gasteiger charge is -2.38. The van der Waals surface area contributed by atoms with E-state index in [1.807, 2.05) is 0 Å². The third-order valence-electron chi connectivity index (χ3n) is 4.02. The number of nitrogens with one attached hydrogen (secondary N) is 1. The minimum Gasteiger partial charge on any atom is -0.453 e. The van der Waals surface area contributed by atoms with Gasteiger partial charge in [0.15, 0.2) is 0 Å². The largest absolute Gasteiger partial charge is 0.453 e. The molecule has 1 saturated heterocycles. The molecule has 20 heavy (non-hydrogen) atoms. The highest BCUT2D eigenvalue weighted by Gasteiger charge is 2.26. The number of carbonyl (C=O) groups is 1. The zero-order valence-corrected chi connectivity index (χ0v) is 12.8. The van der Waals surface area contributed by atoms with Crippen molar-refractivity contribution in [2.24, 2.45) is 5.92 Å². The Morgan fingerprint density at radius 2 is 2.05 bits per heavy atom. The maximum Gasteiger partial charge on any atom is 0.407 e. The van der Waals surface area contributed by atoms with E-state index in [1.54, 1.807) is 0 Å². The molecular formula is C16H24N2O2. The summed E-state index contributed by atoms with van der Waals surface area (Å²) >= 11 is 0. The Morgan fingerprint density at radius 3 is 2.70 bits per heavy atom. The third-order valence-corrected chi connectivity index (χ3v) is 4.02. The van der Waals surface area contributed by atoms with Crippen LogP contribution in [-0.4, -0.2) is 32.3 Å². The Bertz CT molecular complexity index is 487. The summed E-state index contributed by atoms with van der Waals surface area (Å²) in [6.45, 7) is 8.35. The summed E-state index contributed by atoms with van der Waals surface area (Å²) in [7, 11) is 1.41. The summed E-state index contributed by atoms with van der Waals surface area (Å²) in [5, 5.41) is 2.92. The van der Waals surface area contributed by atoms with E-state index in [0.29, 0.717) is 5.92 Å². The van der Waals surface area contributed by atoms with E-state index in [1.165, 1.54) is 23.9 Å². The third kappa shape index (κ3) is 3.44. The highest BCUT2D eigenvalue weighted by Crippen LogP contribution is 2.25. The van der Waals surface area contributed by atoms with E-state index in [4.69, 9.17) is 4.74 Å². The molecule has 1 amide bonds. The zero-order chi connectivity index (χ0) is 14.7. The number of hydrogen-bond acceptors (Lipinski definition) is 3. The molecule has 1 fully saturated rings. The summed E-state index contributed by atoms with van der Waals surface area (Å²) in [6.07, 6.45) is 0.653. The summed E-state index contributed by atoms with van der Waals surface area (Å²) in [5.74, 6) is 0.549. The summed E-state index contributed by atoms with van der Waals surface area (Å²) in [6, 6.07) is 6.69. The molecule has 2 rings (SSSR count). The number of rotatable bonds is 2. The summed E-state index contributed by atoms with van der Waals surface area (Å²) in [4.78, 5) is 13.7. The number of amides is 1. The van der Waals surface area contributed by atoms with Crippen LogP contribution in [0.3, 0.4) is 0 Å². The molecule has 1 aromatic carbocycles. The monoisotopic (exact) mass is 276 g/mol. The van der Waals surface area contributed by atoms with Crippen LogP contribution in [0, 0.1) is 19.8 Å². The molecule has 1 heterocycles. The van der Waals surface area contributed by atoms with Crippen molar-refractivity contribution in [3.05, 3.63) is 29.3 Å². The molecule has 0 radical (unpaired) electrons. The van der Waals surface area contributed by atoms with Gasteiger partial charge in [-0.3, -0.25) is 0 Å². The van der Waals surface area contributed by atoms with Crippen LogP contribution in [0.15, 0.2) is 18.2 Å². The highest BCUT2D eigenvalue weighted by atomic mass is 16.5. The number of ether oxygens (including phenoxy) is 1. The average Bonchev–Trinajstić information content (AvgIpc) is 2.41. The molecule has 0 spiro atoms. The van der Waals surface area contributed by atoms with Crippen molar-refractivity contribution in [1.29, 1.82) is 0 Å². The first-order valence-electron chi connectivity index (χ1n) is 7.16. The van der Waals surface area contributed by atoms with Crippen LogP contribution in [0.4, 0.5) is 10.5 Å². The van der Waals surface area contributed by atoms with Crippen LogP contribution in [0.25, 0.3) is 0 Å². The normalized spacial score (nSPS) is 22.5. The molecule has 4 heteroatoms. The van der Waals surface area contributed by atoms with E-state index in [-0.39, 0.29) is 12.1 Å². The van der Waals surface area contributed by atoms with Crippen LogP contribution in [0.5, 0.6) is 0 Å². The van der Waals surface area contributed by atoms with E-state index >= 15 is 0 Å². The number of benzene rings is 1. The van der Waals surface area contributed by atoms with Gasteiger partial charge in [-0.15, -0.1) is 0 Å². The van der Waals surface area contributed by atoms with Gasteiger partial charge in [0.2, 0.25) is 0 Å². The molecule has 0 bridgehead atoms. The van der Waals surface area contributed by atoms with Gasteiger partial charge in [0, 0.05) is 24.8 Å². The van der Waals surface area contributed by atoms with Gasteiger partial charge >= 0.3 is 6.09 Å². The van der Waals surface area contributed by atoms with Crippen LogP contribution < -0.4 is 10.2 Å². The second-order valence-electron chi connectivity index (χ2n) is 5.85. The molecule has 0 saturated carbocycles. The number of nitrogens with zero attached hydrogens (tertiary/aromatic N) is 1. The Hall–Kier alpha value is -1.71. The minimum atomic E-state index is -0.343. The number of alkyl carbamates (subject to hydrolysis) is 1. The standard InChI is InChI=1S/C16H24N2O2/c1-11-7-14(17-16(19)20-4)10-18(9-11)15-6-5-12(2)13(3)8-15/h5-6,8,11,14H,7,9-10H2,1-4H3,(H,17,19). The van der Waals surface area contributed by atoms with E-state index in [0.717, 1.165) is 19.5 Å². The van der Waals surface area contributed by atoms with Gasteiger partial charge in [0.05, 0.1) is 7.11 Å². The van der Waals surface area contributed by atoms with Gasteiger partial charge in [-0.1, -0.05) is 13.0 Å². The number of hydrogen-bond donors (Lipinski definition) is 1. The van der Waals surface area contributed by atoms with Crippen molar-refractivity contribution in [2.45, 2.75) is 33.2 Å². The molecule has 2 atom stereocenters. The molecule has 110 valence electrons. The molecule has 2 unspecified atom stereocenters. The van der Waals surface area contributed by atoms with Crippen molar-refractivity contribution < 1.29 is 9.53 Å². The predicted octanol–water partition coefficient (Wildman–Crippen LogP) is 2.87. The number of methoxy groups -OCH3 is 1. The quantitative estimate of drug-likeness (QED) is 0.903. The van der Waals surface area contributed by atoms with Gasteiger partial charge < -0.3 is 15.0 Å². The molecule has 1 N–H and O–H groups in total. The molecular weight excluding hydrogens is 252 g/mol. The lowest BCUT2D eigenvalue weighted by atomic mass is 9.95. The topological polar surface area (TPSA) is 41.6 Å². The van der Waals surface area contributed by atoms with Crippen LogP contribution in [0.1, 0.15) is 24.5 Å². The van der Waals surface area contributed by atoms with Gasteiger partial charge in [0.25, 0.3) is 0 Å². The highest BCUT2D eigenvalue weighted by molar-refractivity contribution is 5.67. The number of anilines is 1. The van der Waals surface area contributed by atoms with Crippen molar-refractivity contribution in [3.8, 4) is 0 Å². The van der Waals surface area contributed by atoms with Crippen molar-refractivity contribution >= 4 is 11.8 Å². The molecule has 1 aromatic rings. The van der Waals surface area contributed by atoms with Gasteiger partial charge in [0.1, 0.15) is 0 Å². The first kappa shape index (κ1) is 14.7. The lowest BCUT2D eigenvalue weighted by molar-refractivity contribution is 0.163. The number of piperidine rings is 1. The molecule has 1 aliphatic heterocycles. The summed E-state index contributed by atoms with van der Waals surface area (Å²) in [5.41, 5.74) is 3.84. The second kappa shape index (κ2) is 6.16. The smallest absolute Gasteiger partial charge is 0.407 e. The molecule has 0 aromatic heterocycles. The minimum absolute atomic E-state index is 0.146. The SMILES string of the molecule is COC(=O)NC1CC(C)CN(c2ccc(C)c(C)c2)C1. The zero-order valence-electron chi connectivity index (χ0n) is 12.8. The first-order valence-corrected chi connectivity index (χ1v) is 7.16. The van der Waals surface area contributed by atoms with Crippen LogP contribution >= 0.6 is 0 Å². The number of aryl methyl sites for hydroxylation is 2.